The summed E-state index contributed by atoms with van der Waals surface area (Å²) < 4.78 is 0. The first-order chi connectivity index (χ1) is 8.75. The normalized spacial score (nSPS) is 16.9. The zero-order chi connectivity index (χ0) is 12.8. The fraction of sp³-hybridized carbons (Fsp3) is 0.533. The van der Waals surface area contributed by atoms with E-state index in [2.05, 4.69) is 17.0 Å². The molecule has 98 valence electrons. The van der Waals surface area contributed by atoms with Gasteiger partial charge in [-0.05, 0) is 18.4 Å². The van der Waals surface area contributed by atoms with Gasteiger partial charge in [0.2, 0.25) is 5.91 Å². The summed E-state index contributed by atoms with van der Waals surface area (Å²) in [6.45, 7) is 1.20. The van der Waals surface area contributed by atoms with Gasteiger partial charge in [0.1, 0.15) is 0 Å². The molecular weight excluding hydrogens is 224 g/mol. The number of hydrogen-bond donors (Lipinski definition) is 1. The first kappa shape index (κ1) is 13.1. The molecule has 2 N–H and O–H groups in total. The van der Waals surface area contributed by atoms with Crippen molar-refractivity contribution in [3.05, 3.63) is 35.9 Å². The van der Waals surface area contributed by atoms with E-state index in [1.54, 1.807) is 0 Å². The summed E-state index contributed by atoms with van der Waals surface area (Å²) in [6.07, 6.45) is 6.26. The van der Waals surface area contributed by atoms with Crippen molar-refractivity contribution >= 4 is 5.91 Å². The first-order valence-electron chi connectivity index (χ1n) is 6.82. The lowest BCUT2D eigenvalue weighted by Gasteiger charge is -2.33. The maximum atomic E-state index is 11.2. The Bertz CT molecular complexity index is 371. The zero-order valence-electron chi connectivity index (χ0n) is 10.8. The average Bonchev–Trinajstić information content (AvgIpc) is 2.40. The van der Waals surface area contributed by atoms with E-state index in [0.29, 0.717) is 12.6 Å². The van der Waals surface area contributed by atoms with Gasteiger partial charge in [-0.2, -0.15) is 0 Å². The van der Waals surface area contributed by atoms with Crippen molar-refractivity contribution < 1.29 is 4.79 Å². The van der Waals surface area contributed by atoms with Gasteiger partial charge >= 0.3 is 0 Å². The standard InChI is InChI=1S/C15H22N2O/c16-15(18)12-17(14-9-5-2-6-10-14)11-13-7-3-1-4-8-13/h1,3-4,7-8,14H,2,5-6,9-12H2,(H2,16,18). The van der Waals surface area contributed by atoms with Gasteiger partial charge < -0.3 is 5.73 Å². The van der Waals surface area contributed by atoms with Crippen LogP contribution >= 0.6 is 0 Å². The molecule has 1 aromatic carbocycles. The molecule has 1 aliphatic rings. The minimum atomic E-state index is -0.225. The van der Waals surface area contributed by atoms with Crippen LogP contribution in [-0.2, 0) is 11.3 Å². The van der Waals surface area contributed by atoms with Crippen molar-refractivity contribution in [2.75, 3.05) is 6.54 Å². The van der Waals surface area contributed by atoms with Crippen LogP contribution < -0.4 is 5.73 Å². The number of carbonyl (C=O) groups excluding carboxylic acids is 1. The highest BCUT2D eigenvalue weighted by molar-refractivity contribution is 5.75. The Balaban J connectivity index is 2.02. The summed E-state index contributed by atoms with van der Waals surface area (Å²) in [5, 5.41) is 0. The summed E-state index contributed by atoms with van der Waals surface area (Å²) in [4.78, 5) is 13.5. The number of primary amides is 1. The summed E-state index contributed by atoms with van der Waals surface area (Å²) in [5.41, 5.74) is 6.63. The van der Waals surface area contributed by atoms with E-state index < -0.39 is 0 Å². The van der Waals surface area contributed by atoms with Crippen LogP contribution in [-0.4, -0.2) is 23.4 Å². The zero-order valence-corrected chi connectivity index (χ0v) is 10.8. The lowest BCUT2D eigenvalue weighted by molar-refractivity contribution is -0.120. The van der Waals surface area contributed by atoms with Gasteiger partial charge in [-0.1, -0.05) is 49.6 Å². The highest BCUT2D eigenvalue weighted by Crippen LogP contribution is 2.23. The van der Waals surface area contributed by atoms with E-state index in [9.17, 15) is 4.79 Å². The molecule has 1 saturated carbocycles. The second kappa shape index (κ2) is 6.55. The SMILES string of the molecule is NC(=O)CN(Cc1ccccc1)C1CCCCC1. The van der Waals surface area contributed by atoms with Gasteiger partial charge in [0, 0.05) is 12.6 Å². The highest BCUT2D eigenvalue weighted by atomic mass is 16.1. The van der Waals surface area contributed by atoms with Crippen LogP contribution in [0.5, 0.6) is 0 Å². The fourth-order valence-corrected chi connectivity index (χ4v) is 2.78. The number of amides is 1. The maximum Gasteiger partial charge on any atom is 0.231 e. The van der Waals surface area contributed by atoms with Gasteiger partial charge in [0.15, 0.2) is 0 Å². The quantitative estimate of drug-likeness (QED) is 0.866. The van der Waals surface area contributed by atoms with Crippen LogP contribution in [0.3, 0.4) is 0 Å². The molecule has 1 amide bonds. The van der Waals surface area contributed by atoms with Gasteiger partial charge in [-0.15, -0.1) is 0 Å². The van der Waals surface area contributed by atoms with Crippen LogP contribution in [0.2, 0.25) is 0 Å². The predicted octanol–water partition coefficient (Wildman–Crippen LogP) is 2.31. The molecule has 3 heteroatoms. The number of benzene rings is 1. The van der Waals surface area contributed by atoms with Crippen molar-refractivity contribution in [1.29, 1.82) is 0 Å². The molecule has 0 unspecified atom stereocenters. The van der Waals surface area contributed by atoms with Crippen LogP contribution in [0.4, 0.5) is 0 Å². The molecule has 1 fully saturated rings. The summed E-state index contributed by atoms with van der Waals surface area (Å²) >= 11 is 0. The molecule has 0 spiro atoms. The smallest absolute Gasteiger partial charge is 0.231 e. The summed E-state index contributed by atoms with van der Waals surface area (Å²) in [6, 6.07) is 10.8. The monoisotopic (exact) mass is 246 g/mol. The molecule has 0 aromatic heterocycles. The van der Waals surface area contributed by atoms with Gasteiger partial charge in [0.25, 0.3) is 0 Å². The average molecular weight is 246 g/mol. The third-order valence-corrected chi connectivity index (χ3v) is 3.68. The van der Waals surface area contributed by atoms with E-state index >= 15 is 0 Å². The molecule has 3 nitrogen and oxygen atoms in total. The van der Waals surface area contributed by atoms with E-state index in [0.717, 1.165) is 6.54 Å². The Morgan fingerprint density at radius 2 is 1.83 bits per heavy atom. The number of nitrogens with two attached hydrogens (primary N) is 1. The highest BCUT2D eigenvalue weighted by Gasteiger charge is 2.22. The molecule has 0 atom stereocenters. The lowest BCUT2D eigenvalue weighted by atomic mass is 9.94. The number of nitrogens with zero attached hydrogens (tertiary/aromatic N) is 1. The first-order valence-corrected chi connectivity index (χ1v) is 6.82. The molecule has 0 bridgehead atoms. The van der Waals surface area contributed by atoms with E-state index in [-0.39, 0.29) is 5.91 Å². The topological polar surface area (TPSA) is 46.3 Å². The number of hydrogen-bond acceptors (Lipinski definition) is 2. The molecule has 1 aliphatic carbocycles. The van der Waals surface area contributed by atoms with Crippen molar-refractivity contribution in [2.45, 2.75) is 44.7 Å². The van der Waals surface area contributed by atoms with Crippen LogP contribution in [0.1, 0.15) is 37.7 Å². The molecule has 0 radical (unpaired) electrons. The van der Waals surface area contributed by atoms with Crippen molar-refractivity contribution in [1.82, 2.24) is 4.90 Å². The summed E-state index contributed by atoms with van der Waals surface area (Å²) in [7, 11) is 0. The third-order valence-electron chi connectivity index (χ3n) is 3.68. The largest absolute Gasteiger partial charge is 0.369 e. The molecule has 0 aliphatic heterocycles. The van der Waals surface area contributed by atoms with Crippen LogP contribution in [0.15, 0.2) is 30.3 Å². The molecule has 1 aromatic rings. The van der Waals surface area contributed by atoms with Crippen LogP contribution in [0, 0.1) is 0 Å². The predicted molar refractivity (Wildman–Crippen MR) is 72.9 cm³/mol. The molecule has 18 heavy (non-hydrogen) atoms. The fourth-order valence-electron chi connectivity index (χ4n) is 2.78. The molecule has 0 saturated heterocycles. The third kappa shape index (κ3) is 3.84. The van der Waals surface area contributed by atoms with E-state index in [1.807, 2.05) is 18.2 Å². The number of rotatable bonds is 5. The minimum absolute atomic E-state index is 0.225. The van der Waals surface area contributed by atoms with Gasteiger partial charge in [-0.25, -0.2) is 0 Å². The van der Waals surface area contributed by atoms with Crippen molar-refractivity contribution in [3.8, 4) is 0 Å². The van der Waals surface area contributed by atoms with E-state index in [4.69, 9.17) is 5.73 Å². The molecule has 0 heterocycles. The Kier molecular flexibility index (Phi) is 4.76. The van der Waals surface area contributed by atoms with E-state index in [1.165, 1.54) is 37.7 Å². The van der Waals surface area contributed by atoms with Crippen molar-refractivity contribution in [2.24, 2.45) is 5.73 Å². The Hall–Kier alpha value is -1.35. The van der Waals surface area contributed by atoms with Gasteiger partial charge in [-0.3, -0.25) is 9.69 Å². The van der Waals surface area contributed by atoms with Crippen molar-refractivity contribution in [3.63, 3.8) is 0 Å². The minimum Gasteiger partial charge on any atom is -0.369 e. The second-order valence-electron chi connectivity index (χ2n) is 5.15. The Labute approximate surface area is 109 Å². The second-order valence-corrected chi connectivity index (χ2v) is 5.15. The summed E-state index contributed by atoms with van der Waals surface area (Å²) in [5.74, 6) is -0.225. The van der Waals surface area contributed by atoms with Crippen LogP contribution in [0.25, 0.3) is 0 Å². The number of carbonyl (C=O) groups is 1. The Morgan fingerprint density at radius 1 is 1.17 bits per heavy atom. The molecular formula is C15H22N2O. The van der Waals surface area contributed by atoms with Gasteiger partial charge in [0.05, 0.1) is 6.54 Å². The Morgan fingerprint density at radius 3 is 2.44 bits per heavy atom. The maximum absolute atomic E-state index is 11.2. The molecule has 2 rings (SSSR count). The lowest BCUT2D eigenvalue weighted by Crippen LogP contribution is -2.41.